The van der Waals surface area contributed by atoms with Crippen LogP contribution in [0.2, 0.25) is 0 Å². The van der Waals surface area contributed by atoms with E-state index in [1.54, 1.807) is 12.4 Å². The lowest BCUT2D eigenvalue weighted by Gasteiger charge is -2.14. The van der Waals surface area contributed by atoms with Gasteiger partial charge in [0.05, 0.1) is 6.61 Å². The Hall–Kier alpha value is -1.91. The van der Waals surface area contributed by atoms with Crippen LogP contribution in [0.25, 0.3) is 0 Å². The van der Waals surface area contributed by atoms with Crippen LogP contribution in [0.5, 0.6) is 5.75 Å². The molecule has 0 fully saturated rings. The molecular formula is C17H22N2O2. The molecule has 2 aromatic rings. The van der Waals surface area contributed by atoms with Gasteiger partial charge in [0.15, 0.2) is 0 Å². The Kier molecular flexibility index (Phi) is 6.19. The summed E-state index contributed by atoms with van der Waals surface area (Å²) in [6, 6.07) is 12.1. The highest BCUT2D eigenvalue weighted by Gasteiger charge is 2.03. The number of nitrogens with zero attached hydrogens (tertiary/aromatic N) is 1. The average Bonchev–Trinajstić information content (AvgIpc) is 2.56. The van der Waals surface area contributed by atoms with E-state index < -0.39 is 0 Å². The number of rotatable bonds is 8. The van der Waals surface area contributed by atoms with Crippen LogP contribution in [0.15, 0.2) is 48.8 Å². The largest absolute Gasteiger partial charge is 0.489 e. The van der Waals surface area contributed by atoms with Gasteiger partial charge in [-0.1, -0.05) is 19.1 Å². The summed E-state index contributed by atoms with van der Waals surface area (Å²) in [6.07, 6.45) is 4.45. The maximum atomic E-state index is 9.14. The summed E-state index contributed by atoms with van der Waals surface area (Å²) in [4.78, 5) is 3.98. The second-order valence-electron chi connectivity index (χ2n) is 4.96. The smallest absolute Gasteiger partial charge is 0.119 e. The number of hydrogen-bond acceptors (Lipinski definition) is 4. The molecule has 21 heavy (non-hydrogen) atoms. The van der Waals surface area contributed by atoms with E-state index in [1.165, 1.54) is 5.56 Å². The second kappa shape index (κ2) is 8.39. The van der Waals surface area contributed by atoms with E-state index >= 15 is 0 Å². The zero-order chi connectivity index (χ0) is 14.9. The zero-order valence-electron chi connectivity index (χ0n) is 12.3. The third-order valence-corrected chi connectivity index (χ3v) is 3.39. The molecule has 4 heteroatoms. The van der Waals surface area contributed by atoms with Crippen LogP contribution in [0.1, 0.15) is 24.5 Å². The maximum absolute atomic E-state index is 9.14. The number of pyridine rings is 1. The second-order valence-corrected chi connectivity index (χ2v) is 4.96. The molecule has 2 rings (SSSR count). The van der Waals surface area contributed by atoms with Gasteiger partial charge in [0, 0.05) is 25.0 Å². The molecule has 1 aromatic carbocycles. The molecule has 0 aliphatic rings. The van der Waals surface area contributed by atoms with Crippen molar-refractivity contribution < 1.29 is 9.84 Å². The lowest BCUT2D eigenvalue weighted by atomic mass is 10.2. The molecule has 0 bridgehead atoms. The van der Waals surface area contributed by atoms with Crippen LogP contribution in [-0.4, -0.2) is 22.7 Å². The monoisotopic (exact) mass is 286 g/mol. The first kappa shape index (κ1) is 15.5. The Balaban J connectivity index is 1.81. The molecule has 0 saturated carbocycles. The van der Waals surface area contributed by atoms with E-state index in [0.717, 1.165) is 24.3 Å². The van der Waals surface area contributed by atoms with E-state index in [9.17, 15) is 0 Å². The summed E-state index contributed by atoms with van der Waals surface area (Å²) in [6.45, 7) is 3.53. The number of aromatic nitrogens is 1. The lowest BCUT2D eigenvalue weighted by molar-refractivity contribution is 0.238. The summed E-state index contributed by atoms with van der Waals surface area (Å²) in [5.74, 6) is 0.852. The van der Waals surface area contributed by atoms with Crippen LogP contribution < -0.4 is 10.1 Å². The summed E-state index contributed by atoms with van der Waals surface area (Å²) in [5.41, 5.74) is 2.28. The molecule has 1 aromatic heterocycles. The first-order valence-electron chi connectivity index (χ1n) is 7.26. The van der Waals surface area contributed by atoms with E-state index in [0.29, 0.717) is 6.61 Å². The van der Waals surface area contributed by atoms with Crippen molar-refractivity contribution >= 4 is 0 Å². The number of benzene rings is 1. The topological polar surface area (TPSA) is 54.4 Å². The van der Waals surface area contributed by atoms with Gasteiger partial charge in [-0.2, -0.15) is 0 Å². The predicted octanol–water partition coefficient (Wildman–Crippen LogP) is 2.52. The number of hydrogen-bond donors (Lipinski definition) is 2. The van der Waals surface area contributed by atoms with Crippen molar-refractivity contribution in [3.63, 3.8) is 0 Å². The summed E-state index contributed by atoms with van der Waals surface area (Å²) < 4.78 is 5.73. The maximum Gasteiger partial charge on any atom is 0.119 e. The van der Waals surface area contributed by atoms with Gasteiger partial charge in [0.1, 0.15) is 12.4 Å². The Morgan fingerprint density at radius 2 is 1.81 bits per heavy atom. The zero-order valence-corrected chi connectivity index (χ0v) is 12.3. The average molecular weight is 286 g/mol. The summed E-state index contributed by atoms with van der Waals surface area (Å²) in [5, 5.41) is 12.5. The highest BCUT2D eigenvalue weighted by molar-refractivity contribution is 5.27. The highest BCUT2D eigenvalue weighted by Crippen LogP contribution is 2.14. The highest BCUT2D eigenvalue weighted by atomic mass is 16.5. The minimum absolute atomic E-state index is 0.160. The van der Waals surface area contributed by atoms with Crippen molar-refractivity contribution in [1.29, 1.82) is 0 Å². The molecule has 0 spiro atoms. The summed E-state index contributed by atoms with van der Waals surface area (Å²) in [7, 11) is 0. The van der Waals surface area contributed by atoms with E-state index in [4.69, 9.17) is 9.84 Å². The van der Waals surface area contributed by atoms with Crippen molar-refractivity contribution in [2.45, 2.75) is 32.5 Å². The first-order valence-corrected chi connectivity index (χ1v) is 7.26. The molecule has 0 unspecified atom stereocenters. The minimum atomic E-state index is 0.160. The Morgan fingerprint density at radius 1 is 1.10 bits per heavy atom. The fraction of sp³-hybridized carbons (Fsp3) is 0.353. The number of aliphatic hydroxyl groups excluding tert-OH is 1. The van der Waals surface area contributed by atoms with Crippen LogP contribution in [0.3, 0.4) is 0 Å². The molecule has 0 radical (unpaired) electrons. The standard InChI is InChI=1S/C17H22N2O2/c1-2-16(12-20)19-11-14-3-5-17(6-4-14)21-13-15-7-9-18-10-8-15/h3-10,16,19-20H,2,11-13H2,1H3/t16-/m1/s1. The van der Waals surface area contributed by atoms with Crippen LogP contribution in [-0.2, 0) is 13.2 Å². The number of nitrogens with one attached hydrogen (secondary N) is 1. The van der Waals surface area contributed by atoms with Crippen molar-refractivity contribution in [2.75, 3.05) is 6.61 Å². The molecule has 4 nitrogen and oxygen atoms in total. The molecule has 0 aliphatic heterocycles. The van der Waals surface area contributed by atoms with Crippen molar-refractivity contribution in [3.8, 4) is 5.75 Å². The molecular weight excluding hydrogens is 264 g/mol. The van der Waals surface area contributed by atoms with Gasteiger partial charge in [-0.15, -0.1) is 0 Å². The molecule has 2 N–H and O–H groups in total. The van der Waals surface area contributed by atoms with Gasteiger partial charge >= 0.3 is 0 Å². The van der Waals surface area contributed by atoms with Gasteiger partial charge in [-0.05, 0) is 41.8 Å². The fourth-order valence-electron chi connectivity index (χ4n) is 1.95. The number of ether oxygens (including phenoxy) is 1. The summed E-state index contributed by atoms with van der Waals surface area (Å²) >= 11 is 0. The van der Waals surface area contributed by atoms with Crippen LogP contribution >= 0.6 is 0 Å². The predicted molar refractivity (Wildman–Crippen MR) is 83.0 cm³/mol. The van der Waals surface area contributed by atoms with Gasteiger partial charge in [0.25, 0.3) is 0 Å². The minimum Gasteiger partial charge on any atom is -0.489 e. The van der Waals surface area contributed by atoms with Crippen LogP contribution in [0.4, 0.5) is 0 Å². The van der Waals surface area contributed by atoms with Gasteiger partial charge in [0.2, 0.25) is 0 Å². The first-order chi connectivity index (χ1) is 10.3. The lowest BCUT2D eigenvalue weighted by Crippen LogP contribution is -2.31. The molecule has 1 atom stereocenters. The van der Waals surface area contributed by atoms with Crippen molar-refractivity contribution in [1.82, 2.24) is 10.3 Å². The Labute approximate surface area is 125 Å². The van der Waals surface area contributed by atoms with E-state index in [-0.39, 0.29) is 12.6 Å². The van der Waals surface area contributed by atoms with Gasteiger partial charge in [-0.25, -0.2) is 0 Å². The third kappa shape index (κ3) is 5.17. The van der Waals surface area contributed by atoms with Gasteiger partial charge in [-0.3, -0.25) is 4.98 Å². The van der Waals surface area contributed by atoms with E-state index in [1.807, 2.05) is 36.4 Å². The SMILES string of the molecule is CC[C@H](CO)NCc1ccc(OCc2ccncc2)cc1. The quantitative estimate of drug-likeness (QED) is 0.783. The fourth-order valence-corrected chi connectivity index (χ4v) is 1.95. The molecule has 0 saturated heterocycles. The molecule has 1 heterocycles. The van der Waals surface area contributed by atoms with Gasteiger partial charge < -0.3 is 15.2 Å². The van der Waals surface area contributed by atoms with Crippen molar-refractivity contribution in [3.05, 3.63) is 59.9 Å². The number of aliphatic hydroxyl groups is 1. The molecule has 0 aliphatic carbocycles. The normalized spacial score (nSPS) is 12.1. The van der Waals surface area contributed by atoms with Crippen LogP contribution in [0, 0.1) is 0 Å². The Morgan fingerprint density at radius 3 is 2.43 bits per heavy atom. The third-order valence-electron chi connectivity index (χ3n) is 3.39. The van der Waals surface area contributed by atoms with Crippen molar-refractivity contribution in [2.24, 2.45) is 0 Å². The van der Waals surface area contributed by atoms with E-state index in [2.05, 4.69) is 17.2 Å². The molecule has 112 valence electrons. The Bertz CT molecular complexity index is 510. The molecule has 0 amide bonds.